The number of nitrogens with zero attached hydrogens (tertiary/aromatic N) is 3. The van der Waals surface area contributed by atoms with Crippen molar-refractivity contribution in [2.24, 2.45) is 0 Å². The van der Waals surface area contributed by atoms with Crippen LogP contribution < -0.4 is 21.1 Å². The summed E-state index contributed by atoms with van der Waals surface area (Å²) in [5, 5.41) is 16.1. The van der Waals surface area contributed by atoms with Gasteiger partial charge in [0.25, 0.3) is 11.6 Å². The van der Waals surface area contributed by atoms with E-state index in [0.717, 1.165) is 23.9 Å². The summed E-state index contributed by atoms with van der Waals surface area (Å²) in [6.07, 6.45) is 0.729. The number of nitro benzene ring substituents is 1. The minimum absolute atomic E-state index is 0.0212. The van der Waals surface area contributed by atoms with E-state index in [4.69, 9.17) is 4.74 Å². The van der Waals surface area contributed by atoms with E-state index in [1.165, 1.54) is 23.5 Å². The smallest absolute Gasteiger partial charge is 0.289 e. The zero-order chi connectivity index (χ0) is 21.3. The van der Waals surface area contributed by atoms with Crippen molar-refractivity contribution in [3.63, 3.8) is 0 Å². The molecule has 30 heavy (non-hydrogen) atoms. The number of hydrazine groups is 1. The lowest BCUT2D eigenvalue weighted by molar-refractivity contribution is -0.384. The van der Waals surface area contributed by atoms with Gasteiger partial charge in [-0.2, -0.15) is 0 Å². The molecular formula is C18H22N6O5S. The third kappa shape index (κ3) is 6.12. The number of nitrogens with one attached hydrogen (secondary N) is 3. The van der Waals surface area contributed by atoms with Crippen molar-refractivity contribution in [3.8, 4) is 0 Å². The molecule has 11 nitrogen and oxygen atoms in total. The molecule has 0 atom stereocenters. The lowest BCUT2D eigenvalue weighted by Crippen LogP contribution is -2.42. The van der Waals surface area contributed by atoms with Gasteiger partial charge in [0.2, 0.25) is 5.91 Å². The van der Waals surface area contributed by atoms with Crippen LogP contribution in [0, 0.1) is 10.1 Å². The first-order valence-corrected chi connectivity index (χ1v) is 10.3. The van der Waals surface area contributed by atoms with E-state index in [0.29, 0.717) is 26.2 Å². The van der Waals surface area contributed by atoms with Gasteiger partial charge in [-0.3, -0.25) is 30.6 Å². The topological polar surface area (TPSA) is 139 Å². The molecule has 12 heteroatoms. The maximum absolute atomic E-state index is 12.2. The van der Waals surface area contributed by atoms with Gasteiger partial charge in [0.1, 0.15) is 5.69 Å². The number of aromatic nitrogens is 1. The monoisotopic (exact) mass is 434 g/mol. The van der Waals surface area contributed by atoms with Crippen molar-refractivity contribution < 1.29 is 19.2 Å². The first-order chi connectivity index (χ1) is 14.5. The van der Waals surface area contributed by atoms with Crippen LogP contribution in [0.25, 0.3) is 0 Å². The number of rotatable bonds is 8. The molecule has 2 aromatic rings. The number of carbonyl (C=O) groups excluding carboxylic acids is 2. The Morgan fingerprint density at radius 3 is 2.63 bits per heavy atom. The molecular weight excluding hydrogens is 412 g/mol. The SMILES string of the molecule is O=C(CCCNc1ccc([N+](=O)[O-])cc1)NNC(=O)c1csc(N2CCOCC2)n1. The molecule has 1 saturated heterocycles. The zero-order valence-electron chi connectivity index (χ0n) is 16.1. The van der Waals surface area contributed by atoms with Crippen LogP contribution in [-0.2, 0) is 9.53 Å². The van der Waals surface area contributed by atoms with Crippen molar-refractivity contribution in [1.29, 1.82) is 0 Å². The summed E-state index contributed by atoms with van der Waals surface area (Å²) in [7, 11) is 0. The summed E-state index contributed by atoms with van der Waals surface area (Å²) in [5.41, 5.74) is 5.75. The number of amides is 2. The van der Waals surface area contributed by atoms with Crippen molar-refractivity contribution in [2.45, 2.75) is 12.8 Å². The minimum Gasteiger partial charge on any atom is -0.385 e. The second-order valence-electron chi connectivity index (χ2n) is 6.45. The van der Waals surface area contributed by atoms with Gasteiger partial charge in [0, 0.05) is 49.3 Å². The summed E-state index contributed by atoms with van der Waals surface area (Å²) < 4.78 is 5.30. The lowest BCUT2D eigenvalue weighted by Gasteiger charge is -2.25. The number of ether oxygens (including phenoxy) is 1. The number of benzene rings is 1. The first-order valence-electron chi connectivity index (χ1n) is 9.38. The van der Waals surface area contributed by atoms with Crippen LogP contribution in [0.1, 0.15) is 23.3 Å². The van der Waals surface area contributed by atoms with Crippen LogP contribution in [0.2, 0.25) is 0 Å². The minimum atomic E-state index is -0.469. The highest BCUT2D eigenvalue weighted by molar-refractivity contribution is 7.13. The van der Waals surface area contributed by atoms with Gasteiger partial charge < -0.3 is 15.0 Å². The highest BCUT2D eigenvalue weighted by Crippen LogP contribution is 2.21. The number of nitro groups is 1. The number of hydrogen-bond acceptors (Lipinski definition) is 9. The van der Waals surface area contributed by atoms with Crippen molar-refractivity contribution in [3.05, 3.63) is 45.5 Å². The van der Waals surface area contributed by atoms with Crippen molar-refractivity contribution >= 4 is 39.7 Å². The van der Waals surface area contributed by atoms with Gasteiger partial charge in [0.05, 0.1) is 18.1 Å². The molecule has 1 aliphatic rings. The molecule has 1 fully saturated rings. The van der Waals surface area contributed by atoms with Crippen LogP contribution in [-0.4, -0.2) is 54.6 Å². The average molecular weight is 434 g/mol. The van der Waals surface area contributed by atoms with Crippen LogP contribution in [0.5, 0.6) is 0 Å². The number of non-ortho nitro benzene ring substituents is 1. The molecule has 3 rings (SSSR count). The number of thiazole rings is 1. The largest absolute Gasteiger partial charge is 0.385 e. The number of carbonyl (C=O) groups is 2. The van der Waals surface area contributed by atoms with Crippen LogP contribution in [0.3, 0.4) is 0 Å². The fourth-order valence-electron chi connectivity index (χ4n) is 2.70. The summed E-state index contributed by atoms with van der Waals surface area (Å²) in [6, 6.07) is 6.04. The van der Waals surface area contributed by atoms with E-state index in [1.54, 1.807) is 17.5 Å². The Morgan fingerprint density at radius 2 is 1.93 bits per heavy atom. The van der Waals surface area contributed by atoms with Crippen LogP contribution in [0.15, 0.2) is 29.6 Å². The predicted octanol–water partition coefficient (Wildman–Crippen LogP) is 1.54. The maximum Gasteiger partial charge on any atom is 0.289 e. The number of morpholine rings is 1. The molecule has 160 valence electrons. The highest BCUT2D eigenvalue weighted by Gasteiger charge is 2.17. The molecule has 0 aliphatic carbocycles. The van der Waals surface area contributed by atoms with Crippen LogP contribution >= 0.6 is 11.3 Å². The fourth-order valence-corrected chi connectivity index (χ4v) is 3.56. The van der Waals surface area contributed by atoms with Gasteiger partial charge in [-0.05, 0) is 18.6 Å². The second kappa shape index (κ2) is 10.5. The Kier molecular flexibility index (Phi) is 7.51. The van der Waals surface area contributed by atoms with Crippen molar-refractivity contribution in [1.82, 2.24) is 15.8 Å². The third-order valence-corrected chi connectivity index (χ3v) is 5.21. The third-order valence-electron chi connectivity index (χ3n) is 4.31. The summed E-state index contributed by atoms with van der Waals surface area (Å²) in [5.74, 6) is -0.791. The quantitative estimate of drug-likeness (QED) is 0.323. The van der Waals surface area contributed by atoms with E-state index in [2.05, 4.69) is 26.1 Å². The summed E-state index contributed by atoms with van der Waals surface area (Å²) >= 11 is 1.38. The van der Waals surface area contributed by atoms with Gasteiger partial charge >= 0.3 is 0 Å². The average Bonchev–Trinajstić information content (AvgIpc) is 3.26. The lowest BCUT2D eigenvalue weighted by atomic mass is 10.2. The van der Waals surface area contributed by atoms with E-state index < -0.39 is 10.8 Å². The van der Waals surface area contributed by atoms with E-state index in [-0.39, 0.29) is 23.7 Å². The molecule has 0 unspecified atom stereocenters. The van der Waals surface area contributed by atoms with E-state index in [1.807, 2.05) is 0 Å². The Morgan fingerprint density at radius 1 is 1.20 bits per heavy atom. The molecule has 1 aromatic heterocycles. The Labute approximate surface area is 176 Å². The van der Waals surface area contributed by atoms with E-state index >= 15 is 0 Å². The summed E-state index contributed by atoms with van der Waals surface area (Å²) in [6.45, 7) is 3.25. The zero-order valence-corrected chi connectivity index (χ0v) is 16.9. The van der Waals surface area contributed by atoms with Gasteiger partial charge in [-0.15, -0.1) is 11.3 Å². The first kappa shape index (κ1) is 21.5. The predicted molar refractivity (Wildman–Crippen MR) is 112 cm³/mol. The van der Waals surface area contributed by atoms with Gasteiger partial charge in [-0.1, -0.05) is 0 Å². The van der Waals surface area contributed by atoms with Gasteiger partial charge in [0.15, 0.2) is 5.13 Å². The Balaban J connectivity index is 1.33. The normalized spacial score (nSPS) is 13.5. The molecule has 0 saturated carbocycles. The Hall–Kier alpha value is -3.25. The summed E-state index contributed by atoms with van der Waals surface area (Å²) in [4.78, 5) is 40.6. The maximum atomic E-state index is 12.2. The van der Waals surface area contributed by atoms with Gasteiger partial charge in [-0.25, -0.2) is 4.98 Å². The molecule has 0 spiro atoms. The highest BCUT2D eigenvalue weighted by atomic mass is 32.1. The molecule has 1 aromatic carbocycles. The molecule has 0 radical (unpaired) electrons. The molecule has 0 bridgehead atoms. The molecule has 1 aliphatic heterocycles. The molecule has 2 heterocycles. The standard InChI is InChI=1S/C18H22N6O5S/c25-16(2-1-7-19-13-3-5-14(6-4-13)24(27)28)21-22-17(26)15-12-30-18(20-15)23-8-10-29-11-9-23/h3-6,12,19H,1-2,7-11H2,(H,21,25)(H,22,26). The Bertz CT molecular complexity index is 881. The number of anilines is 2. The molecule has 2 amide bonds. The molecule has 3 N–H and O–H groups in total. The van der Waals surface area contributed by atoms with Crippen molar-refractivity contribution in [2.75, 3.05) is 43.1 Å². The van der Waals surface area contributed by atoms with E-state index in [9.17, 15) is 19.7 Å². The second-order valence-corrected chi connectivity index (χ2v) is 7.29. The fraction of sp³-hybridized carbons (Fsp3) is 0.389. The number of hydrogen-bond donors (Lipinski definition) is 3. The van der Waals surface area contributed by atoms with Crippen LogP contribution in [0.4, 0.5) is 16.5 Å².